The number of unbranched alkanes of at least 4 members (excludes halogenated alkanes) is 1. The number of carbonyl (C=O) groups excluding carboxylic acids is 1. The SMILES string of the molecule is CCCCNC(=O)Nc1cccc(C(C)NCCC)c1. The molecule has 0 radical (unpaired) electrons. The van der Waals surface area contributed by atoms with E-state index < -0.39 is 0 Å². The maximum Gasteiger partial charge on any atom is 0.319 e. The molecule has 0 saturated heterocycles. The normalized spacial score (nSPS) is 11.9. The fraction of sp³-hybridized carbons (Fsp3) is 0.562. The molecule has 3 N–H and O–H groups in total. The summed E-state index contributed by atoms with van der Waals surface area (Å²) in [6.07, 6.45) is 3.20. The molecule has 4 nitrogen and oxygen atoms in total. The van der Waals surface area contributed by atoms with Gasteiger partial charge in [-0.05, 0) is 44.0 Å². The number of nitrogens with one attached hydrogen (secondary N) is 3. The average Bonchev–Trinajstić information content (AvgIpc) is 2.45. The Morgan fingerprint density at radius 1 is 1.20 bits per heavy atom. The smallest absolute Gasteiger partial charge is 0.319 e. The standard InChI is InChI=1S/C16H27N3O/c1-4-6-11-18-16(20)19-15-9-7-8-14(12-15)13(3)17-10-5-2/h7-9,12-13,17H,4-6,10-11H2,1-3H3,(H2,18,19,20). The summed E-state index contributed by atoms with van der Waals surface area (Å²) in [7, 11) is 0. The highest BCUT2D eigenvalue weighted by molar-refractivity contribution is 5.89. The van der Waals surface area contributed by atoms with Crippen LogP contribution < -0.4 is 16.0 Å². The minimum absolute atomic E-state index is 0.134. The van der Waals surface area contributed by atoms with Crippen LogP contribution in [0.4, 0.5) is 10.5 Å². The molecule has 1 aromatic rings. The molecular weight excluding hydrogens is 250 g/mol. The molecule has 20 heavy (non-hydrogen) atoms. The van der Waals surface area contributed by atoms with Crippen LogP contribution in [-0.4, -0.2) is 19.1 Å². The van der Waals surface area contributed by atoms with Crippen molar-refractivity contribution < 1.29 is 4.79 Å². The number of amides is 2. The van der Waals surface area contributed by atoms with Crippen molar-refractivity contribution in [1.29, 1.82) is 0 Å². The van der Waals surface area contributed by atoms with Crippen LogP contribution in [0, 0.1) is 0 Å². The maximum atomic E-state index is 11.7. The lowest BCUT2D eigenvalue weighted by Crippen LogP contribution is -2.29. The molecule has 1 atom stereocenters. The van der Waals surface area contributed by atoms with Crippen molar-refractivity contribution >= 4 is 11.7 Å². The second-order valence-electron chi connectivity index (χ2n) is 5.04. The van der Waals surface area contributed by atoms with Crippen molar-refractivity contribution in [1.82, 2.24) is 10.6 Å². The number of hydrogen-bond acceptors (Lipinski definition) is 2. The van der Waals surface area contributed by atoms with Gasteiger partial charge in [0.25, 0.3) is 0 Å². The van der Waals surface area contributed by atoms with Crippen molar-refractivity contribution in [3.8, 4) is 0 Å². The Morgan fingerprint density at radius 3 is 2.70 bits per heavy atom. The van der Waals surface area contributed by atoms with E-state index in [-0.39, 0.29) is 6.03 Å². The lowest BCUT2D eigenvalue weighted by atomic mass is 10.1. The van der Waals surface area contributed by atoms with Crippen LogP contribution in [0.15, 0.2) is 24.3 Å². The molecule has 0 aliphatic heterocycles. The molecule has 0 spiro atoms. The second-order valence-corrected chi connectivity index (χ2v) is 5.04. The number of benzene rings is 1. The first-order valence-electron chi connectivity index (χ1n) is 7.55. The van der Waals surface area contributed by atoms with Gasteiger partial charge in [0.05, 0.1) is 0 Å². The molecule has 0 bridgehead atoms. The molecule has 0 saturated carbocycles. The van der Waals surface area contributed by atoms with Gasteiger partial charge in [0.1, 0.15) is 0 Å². The number of anilines is 1. The monoisotopic (exact) mass is 277 g/mol. The van der Waals surface area contributed by atoms with Crippen LogP contribution in [-0.2, 0) is 0 Å². The van der Waals surface area contributed by atoms with E-state index in [0.29, 0.717) is 6.04 Å². The second kappa shape index (κ2) is 9.37. The molecule has 2 amide bonds. The van der Waals surface area contributed by atoms with Crippen LogP contribution in [0.5, 0.6) is 0 Å². The zero-order valence-corrected chi connectivity index (χ0v) is 12.8. The van der Waals surface area contributed by atoms with E-state index in [1.807, 2.05) is 18.2 Å². The van der Waals surface area contributed by atoms with Gasteiger partial charge in [0.15, 0.2) is 0 Å². The number of carbonyl (C=O) groups is 1. The Labute approximate surface area is 122 Å². The lowest BCUT2D eigenvalue weighted by Gasteiger charge is -2.15. The maximum absolute atomic E-state index is 11.7. The third-order valence-corrected chi connectivity index (χ3v) is 3.16. The molecule has 1 aromatic carbocycles. The third-order valence-electron chi connectivity index (χ3n) is 3.16. The van der Waals surface area contributed by atoms with E-state index in [0.717, 1.165) is 38.0 Å². The van der Waals surface area contributed by atoms with Crippen molar-refractivity contribution in [3.63, 3.8) is 0 Å². The van der Waals surface area contributed by atoms with Crippen LogP contribution in [0.1, 0.15) is 51.6 Å². The number of rotatable bonds is 8. The fourth-order valence-electron chi connectivity index (χ4n) is 1.92. The first-order valence-corrected chi connectivity index (χ1v) is 7.55. The Morgan fingerprint density at radius 2 is 2.00 bits per heavy atom. The fourth-order valence-corrected chi connectivity index (χ4v) is 1.92. The minimum Gasteiger partial charge on any atom is -0.338 e. The Hall–Kier alpha value is -1.55. The highest BCUT2D eigenvalue weighted by Crippen LogP contribution is 2.17. The highest BCUT2D eigenvalue weighted by atomic mass is 16.2. The van der Waals surface area contributed by atoms with Gasteiger partial charge in [-0.3, -0.25) is 0 Å². The summed E-state index contributed by atoms with van der Waals surface area (Å²) in [6, 6.07) is 8.14. The van der Waals surface area contributed by atoms with Gasteiger partial charge in [-0.2, -0.15) is 0 Å². The van der Waals surface area contributed by atoms with Crippen molar-refractivity contribution in [2.45, 2.75) is 46.1 Å². The van der Waals surface area contributed by atoms with Crippen molar-refractivity contribution in [3.05, 3.63) is 29.8 Å². The summed E-state index contributed by atoms with van der Waals surface area (Å²) in [5, 5.41) is 9.17. The van der Waals surface area contributed by atoms with Gasteiger partial charge in [-0.1, -0.05) is 32.4 Å². The van der Waals surface area contributed by atoms with E-state index >= 15 is 0 Å². The van der Waals surface area contributed by atoms with Gasteiger partial charge < -0.3 is 16.0 Å². The summed E-state index contributed by atoms with van der Waals surface area (Å²) < 4.78 is 0. The van der Waals surface area contributed by atoms with E-state index in [4.69, 9.17) is 0 Å². The Kier molecular flexibility index (Phi) is 7.73. The molecule has 4 heteroatoms. The Balaban J connectivity index is 2.52. The van der Waals surface area contributed by atoms with Gasteiger partial charge in [0, 0.05) is 18.3 Å². The highest BCUT2D eigenvalue weighted by Gasteiger charge is 2.06. The molecule has 1 unspecified atom stereocenters. The molecule has 112 valence electrons. The topological polar surface area (TPSA) is 53.2 Å². The first-order chi connectivity index (χ1) is 9.67. The quantitative estimate of drug-likeness (QED) is 0.635. The lowest BCUT2D eigenvalue weighted by molar-refractivity contribution is 0.252. The van der Waals surface area contributed by atoms with Gasteiger partial charge >= 0.3 is 6.03 Å². The summed E-state index contributed by atoms with van der Waals surface area (Å²) >= 11 is 0. The predicted molar refractivity (Wildman–Crippen MR) is 85.1 cm³/mol. The van der Waals surface area contributed by atoms with E-state index in [1.54, 1.807) is 0 Å². The largest absolute Gasteiger partial charge is 0.338 e. The molecule has 1 rings (SSSR count). The van der Waals surface area contributed by atoms with E-state index in [9.17, 15) is 4.79 Å². The van der Waals surface area contributed by atoms with Crippen LogP contribution in [0.3, 0.4) is 0 Å². The molecule has 0 aliphatic carbocycles. The predicted octanol–water partition coefficient (Wildman–Crippen LogP) is 3.67. The van der Waals surface area contributed by atoms with Gasteiger partial charge in [-0.25, -0.2) is 4.79 Å². The average molecular weight is 277 g/mol. The number of hydrogen-bond donors (Lipinski definition) is 3. The summed E-state index contributed by atoms with van der Waals surface area (Å²) in [6.45, 7) is 8.11. The molecule has 0 aromatic heterocycles. The van der Waals surface area contributed by atoms with Crippen LogP contribution in [0.25, 0.3) is 0 Å². The van der Waals surface area contributed by atoms with Crippen LogP contribution in [0.2, 0.25) is 0 Å². The minimum atomic E-state index is -0.134. The van der Waals surface area contributed by atoms with Crippen molar-refractivity contribution in [2.75, 3.05) is 18.4 Å². The van der Waals surface area contributed by atoms with Gasteiger partial charge in [-0.15, -0.1) is 0 Å². The molecule has 0 heterocycles. The van der Waals surface area contributed by atoms with Crippen molar-refractivity contribution in [2.24, 2.45) is 0 Å². The van der Waals surface area contributed by atoms with E-state index in [2.05, 4.69) is 42.8 Å². The zero-order chi connectivity index (χ0) is 14.8. The summed E-state index contributed by atoms with van der Waals surface area (Å²) in [5.41, 5.74) is 2.02. The first kappa shape index (κ1) is 16.5. The van der Waals surface area contributed by atoms with Crippen LogP contribution >= 0.6 is 0 Å². The number of urea groups is 1. The molecular formula is C16H27N3O. The summed E-state index contributed by atoms with van der Waals surface area (Å²) in [4.78, 5) is 11.7. The summed E-state index contributed by atoms with van der Waals surface area (Å²) in [5.74, 6) is 0. The zero-order valence-electron chi connectivity index (χ0n) is 12.8. The molecule has 0 fully saturated rings. The van der Waals surface area contributed by atoms with E-state index in [1.165, 1.54) is 5.56 Å². The Bertz CT molecular complexity index is 406. The third kappa shape index (κ3) is 6.06. The van der Waals surface area contributed by atoms with Gasteiger partial charge in [0.2, 0.25) is 0 Å². The molecule has 0 aliphatic rings.